The zero-order chi connectivity index (χ0) is 12.4. The van der Waals surface area contributed by atoms with Gasteiger partial charge in [-0.1, -0.05) is 11.8 Å². The Morgan fingerprint density at radius 3 is 1.69 bits per heavy atom. The molecule has 16 heavy (non-hydrogen) atoms. The molecule has 0 amide bonds. The number of esters is 2. The molecule has 0 aliphatic carbocycles. The normalized spacial score (nSPS) is 8.25. The lowest BCUT2D eigenvalue weighted by atomic mass is 10.2. The van der Waals surface area contributed by atoms with Crippen LogP contribution in [0.3, 0.4) is 0 Å². The molecule has 0 aliphatic rings. The molecule has 0 saturated carbocycles. The molecule has 4 nitrogen and oxygen atoms in total. The zero-order valence-corrected chi connectivity index (χ0v) is 9.62. The third kappa shape index (κ3) is 5.72. The Bertz CT molecular complexity index is 326. The van der Waals surface area contributed by atoms with Crippen LogP contribution < -0.4 is 0 Å². The lowest BCUT2D eigenvalue weighted by Crippen LogP contribution is -2.25. The summed E-state index contributed by atoms with van der Waals surface area (Å²) in [4.78, 5) is 22.5. The number of hydrogen-bond donors (Lipinski definition) is 0. The smallest absolute Gasteiger partial charge is 0.320 e. The Hall–Kier alpha value is -1.94. The van der Waals surface area contributed by atoms with Crippen molar-refractivity contribution in [3.8, 4) is 23.7 Å². The van der Waals surface area contributed by atoms with Gasteiger partial charge in [0.1, 0.15) is 0 Å². The predicted octanol–water partition coefficient (Wildman–Crippen LogP) is 0.756. The minimum absolute atomic E-state index is 0.0122. The van der Waals surface area contributed by atoms with Crippen LogP contribution in [0.2, 0.25) is 0 Å². The van der Waals surface area contributed by atoms with E-state index in [1.54, 1.807) is 13.8 Å². The molecule has 0 bridgehead atoms. The van der Waals surface area contributed by atoms with Gasteiger partial charge in [-0.05, 0) is 20.8 Å². The molecule has 86 valence electrons. The molecule has 0 N–H and O–H groups in total. The maximum Gasteiger partial charge on any atom is 0.320 e. The Morgan fingerprint density at radius 1 is 1.00 bits per heavy atom. The van der Waals surface area contributed by atoms with E-state index in [0.717, 1.165) is 0 Å². The Morgan fingerprint density at radius 2 is 1.38 bits per heavy atom. The van der Waals surface area contributed by atoms with Crippen molar-refractivity contribution in [3.63, 3.8) is 0 Å². The third-order valence-electron chi connectivity index (χ3n) is 1.63. The summed E-state index contributed by atoms with van der Waals surface area (Å²) in [6.45, 7) is 4.66. The van der Waals surface area contributed by atoms with E-state index < -0.39 is 17.9 Å². The topological polar surface area (TPSA) is 52.6 Å². The van der Waals surface area contributed by atoms with Gasteiger partial charge >= 0.3 is 11.9 Å². The maximum absolute atomic E-state index is 11.3. The molecule has 0 rings (SSSR count). The molecule has 4 heteroatoms. The lowest BCUT2D eigenvalue weighted by molar-refractivity contribution is -0.159. The van der Waals surface area contributed by atoms with Crippen LogP contribution in [-0.4, -0.2) is 25.2 Å². The first kappa shape index (κ1) is 14.1. The van der Waals surface area contributed by atoms with E-state index in [2.05, 4.69) is 23.7 Å². The van der Waals surface area contributed by atoms with Crippen LogP contribution in [0.5, 0.6) is 0 Å². The van der Waals surface area contributed by atoms with Crippen molar-refractivity contribution in [1.29, 1.82) is 0 Å². The highest BCUT2D eigenvalue weighted by molar-refractivity contribution is 5.94. The highest BCUT2D eigenvalue weighted by Gasteiger charge is 2.23. The van der Waals surface area contributed by atoms with Gasteiger partial charge in [0.2, 0.25) is 0 Å². The second-order valence-electron chi connectivity index (χ2n) is 2.79. The quantitative estimate of drug-likeness (QED) is 0.400. The minimum Gasteiger partial charge on any atom is -0.452 e. The SMILES string of the molecule is CC#CCOC(=O)C(C)C(=O)OCC#CC. The number of rotatable bonds is 4. The fraction of sp³-hybridized carbons (Fsp3) is 0.500. The van der Waals surface area contributed by atoms with E-state index in [1.165, 1.54) is 6.92 Å². The van der Waals surface area contributed by atoms with Gasteiger partial charge in [-0.3, -0.25) is 9.59 Å². The van der Waals surface area contributed by atoms with E-state index in [4.69, 9.17) is 9.47 Å². The highest BCUT2D eigenvalue weighted by atomic mass is 16.6. The van der Waals surface area contributed by atoms with Crippen LogP contribution in [0.4, 0.5) is 0 Å². The van der Waals surface area contributed by atoms with Crippen LogP contribution in [0.25, 0.3) is 0 Å². The van der Waals surface area contributed by atoms with Crippen molar-refractivity contribution in [2.45, 2.75) is 20.8 Å². The summed E-state index contributed by atoms with van der Waals surface area (Å²) in [5.74, 6) is 8.03. The first-order valence-electron chi connectivity index (χ1n) is 4.76. The lowest BCUT2D eigenvalue weighted by Gasteiger charge is -2.08. The summed E-state index contributed by atoms with van der Waals surface area (Å²) in [6, 6.07) is 0. The van der Waals surface area contributed by atoms with Crippen LogP contribution in [0, 0.1) is 29.6 Å². The van der Waals surface area contributed by atoms with Gasteiger partial charge in [-0.15, -0.1) is 11.8 Å². The van der Waals surface area contributed by atoms with E-state index >= 15 is 0 Å². The molecule has 0 radical (unpaired) electrons. The molecule has 0 aromatic heterocycles. The Labute approximate surface area is 95.3 Å². The van der Waals surface area contributed by atoms with Crippen molar-refractivity contribution in [1.82, 2.24) is 0 Å². The Balaban J connectivity index is 4.02. The second-order valence-corrected chi connectivity index (χ2v) is 2.79. The van der Waals surface area contributed by atoms with Gasteiger partial charge in [-0.25, -0.2) is 0 Å². The first-order valence-corrected chi connectivity index (χ1v) is 4.76. The van der Waals surface area contributed by atoms with Gasteiger partial charge in [0.05, 0.1) is 0 Å². The summed E-state index contributed by atoms with van der Waals surface area (Å²) in [7, 11) is 0. The molecule has 0 aliphatic heterocycles. The van der Waals surface area contributed by atoms with Crippen molar-refractivity contribution in [2.24, 2.45) is 5.92 Å². The van der Waals surface area contributed by atoms with Crippen molar-refractivity contribution in [2.75, 3.05) is 13.2 Å². The van der Waals surface area contributed by atoms with Crippen molar-refractivity contribution >= 4 is 11.9 Å². The summed E-state index contributed by atoms with van der Waals surface area (Å²) >= 11 is 0. The van der Waals surface area contributed by atoms with Crippen molar-refractivity contribution in [3.05, 3.63) is 0 Å². The molecule has 0 atom stereocenters. The van der Waals surface area contributed by atoms with Gasteiger partial charge in [0.15, 0.2) is 19.1 Å². The molecular weight excluding hydrogens is 208 g/mol. The fourth-order valence-electron chi connectivity index (χ4n) is 0.705. The van der Waals surface area contributed by atoms with Crippen LogP contribution in [0.1, 0.15) is 20.8 Å². The summed E-state index contributed by atoms with van der Waals surface area (Å²) in [6.07, 6.45) is 0. The molecular formula is C12H14O4. The number of hydrogen-bond acceptors (Lipinski definition) is 4. The monoisotopic (exact) mass is 222 g/mol. The highest BCUT2D eigenvalue weighted by Crippen LogP contribution is 2.01. The van der Waals surface area contributed by atoms with Gasteiger partial charge in [0, 0.05) is 0 Å². The van der Waals surface area contributed by atoms with Crippen LogP contribution in [-0.2, 0) is 19.1 Å². The van der Waals surface area contributed by atoms with Crippen LogP contribution >= 0.6 is 0 Å². The average molecular weight is 222 g/mol. The van der Waals surface area contributed by atoms with Gasteiger partial charge in [-0.2, -0.15) is 0 Å². The molecule has 0 spiro atoms. The molecule has 0 unspecified atom stereocenters. The van der Waals surface area contributed by atoms with Gasteiger partial charge < -0.3 is 9.47 Å². The molecule has 0 aromatic carbocycles. The van der Waals surface area contributed by atoms with E-state index in [-0.39, 0.29) is 13.2 Å². The first-order chi connectivity index (χ1) is 7.63. The average Bonchev–Trinajstić information content (AvgIpc) is 2.28. The summed E-state index contributed by atoms with van der Waals surface area (Å²) in [5, 5.41) is 0. The fourth-order valence-corrected chi connectivity index (χ4v) is 0.705. The molecule has 0 heterocycles. The summed E-state index contributed by atoms with van der Waals surface area (Å²) in [5.41, 5.74) is 0. The standard InChI is InChI=1S/C12H14O4/c1-4-6-8-15-11(13)10(3)12(14)16-9-7-5-2/h10H,8-9H2,1-3H3. The maximum atomic E-state index is 11.3. The van der Waals surface area contributed by atoms with Crippen molar-refractivity contribution < 1.29 is 19.1 Å². The molecule has 0 saturated heterocycles. The number of carbonyl (C=O) groups is 2. The van der Waals surface area contributed by atoms with Gasteiger partial charge in [0.25, 0.3) is 0 Å². The third-order valence-corrected chi connectivity index (χ3v) is 1.63. The number of carbonyl (C=O) groups excluding carboxylic acids is 2. The zero-order valence-electron chi connectivity index (χ0n) is 9.62. The van der Waals surface area contributed by atoms with E-state index in [9.17, 15) is 9.59 Å². The molecule has 0 fully saturated rings. The number of ether oxygens (including phenoxy) is 2. The second kappa shape index (κ2) is 8.38. The summed E-state index contributed by atoms with van der Waals surface area (Å²) < 4.78 is 9.44. The predicted molar refractivity (Wildman–Crippen MR) is 58.0 cm³/mol. The molecule has 0 aromatic rings. The largest absolute Gasteiger partial charge is 0.452 e. The van der Waals surface area contributed by atoms with E-state index in [1.807, 2.05) is 0 Å². The van der Waals surface area contributed by atoms with Crippen LogP contribution in [0.15, 0.2) is 0 Å². The van der Waals surface area contributed by atoms with E-state index in [0.29, 0.717) is 0 Å². The minimum atomic E-state index is -0.947. The Kier molecular flexibility index (Phi) is 7.36.